The zero-order chi connectivity index (χ0) is 3.41. The van der Waals surface area contributed by atoms with E-state index in [0.29, 0.717) is 11.8 Å². The molecule has 0 aromatic rings. The quantitative estimate of drug-likeness (QED) is 0.622. The van der Waals surface area contributed by atoms with Crippen LogP contribution < -0.4 is 0 Å². The van der Waals surface area contributed by atoms with Crippen LogP contribution in [0.1, 0.15) is 0 Å². The molecule has 0 fully saturated rings. The summed E-state index contributed by atoms with van der Waals surface area (Å²) in [5, 5.41) is 0. The molecule has 0 bridgehead atoms. The summed E-state index contributed by atoms with van der Waals surface area (Å²) in [6.07, 6.45) is 0. The highest BCUT2D eigenvalue weighted by Gasteiger charge is 1.61. The Hall–Kier alpha value is 1.74. The SMILES string of the molecule is Cl.Cl.Cl.Cl.ClCCCl. The fourth-order valence-electron chi connectivity index (χ4n) is 0. The zero-order valence-corrected chi connectivity index (χ0v) is 8.58. The van der Waals surface area contributed by atoms with Gasteiger partial charge in [0.15, 0.2) is 0 Å². The van der Waals surface area contributed by atoms with E-state index in [9.17, 15) is 0 Å². The fraction of sp³-hybridized carbons (Fsp3) is 1.00. The molecule has 0 nitrogen and oxygen atoms in total. The van der Waals surface area contributed by atoms with Crippen LogP contribution in [0.3, 0.4) is 0 Å². The van der Waals surface area contributed by atoms with Gasteiger partial charge < -0.3 is 0 Å². The van der Waals surface area contributed by atoms with Gasteiger partial charge in [0.2, 0.25) is 0 Å². The molecule has 0 heterocycles. The van der Waals surface area contributed by atoms with Crippen LogP contribution in [-0.4, -0.2) is 11.8 Å². The smallest absolute Gasteiger partial charge is 0.0359 e. The first-order valence-electron chi connectivity index (χ1n) is 1.03. The van der Waals surface area contributed by atoms with Crippen LogP contribution >= 0.6 is 72.8 Å². The molecule has 0 aromatic carbocycles. The molecule has 0 aliphatic carbocycles. The van der Waals surface area contributed by atoms with Crippen LogP contribution in [0, 0.1) is 0 Å². The van der Waals surface area contributed by atoms with E-state index in [0.717, 1.165) is 0 Å². The van der Waals surface area contributed by atoms with Gasteiger partial charge in [-0.05, 0) is 0 Å². The van der Waals surface area contributed by atoms with E-state index in [4.69, 9.17) is 23.2 Å². The van der Waals surface area contributed by atoms with E-state index in [1.54, 1.807) is 0 Å². The molecule has 8 heavy (non-hydrogen) atoms. The summed E-state index contributed by atoms with van der Waals surface area (Å²) in [4.78, 5) is 0. The predicted octanol–water partition coefficient (Wildman–Crippen LogP) is 3.15. The molecule has 0 saturated heterocycles. The van der Waals surface area contributed by atoms with Crippen LogP contribution in [-0.2, 0) is 0 Å². The third kappa shape index (κ3) is 46.8. The minimum atomic E-state index is 0. The van der Waals surface area contributed by atoms with E-state index in [1.165, 1.54) is 0 Å². The highest BCUT2D eigenvalue weighted by molar-refractivity contribution is 6.25. The first-order valence-corrected chi connectivity index (χ1v) is 2.10. The lowest BCUT2D eigenvalue weighted by atomic mass is 11.0. The molecule has 0 amide bonds. The number of halogens is 6. The van der Waals surface area contributed by atoms with Gasteiger partial charge in [0.25, 0.3) is 0 Å². The number of alkyl halides is 2. The highest BCUT2D eigenvalue weighted by atomic mass is 35.5. The maximum Gasteiger partial charge on any atom is 0.0359 e. The molecule has 0 aromatic heterocycles. The summed E-state index contributed by atoms with van der Waals surface area (Å²) in [5.74, 6) is 1.11. The summed E-state index contributed by atoms with van der Waals surface area (Å²) >= 11 is 10.1. The second kappa shape index (κ2) is 37.4. The molecule has 6 heteroatoms. The number of rotatable bonds is 1. The second-order valence-corrected chi connectivity index (χ2v) is 1.13. The van der Waals surface area contributed by atoms with E-state index >= 15 is 0 Å². The van der Waals surface area contributed by atoms with E-state index in [1.807, 2.05) is 0 Å². The van der Waals surface area contributed by atoms with Crippen molar-refractivity contribution >= 4 is 72.8 Å². The van der Waals surface area contributed by atoms with Crippen molar-refractivity contribution < 1.29 is 0 Å². The Bertz CT molecular complexity index is 8.49. The maximum atomic E-state index is 5.05. The van der Waals surface area contributed by atoms with Gasteiger partial charge in [-0.15, -0.1) is 72.8 Å². The first kappa shape index (κ1) is 33.1. The Balaban J connectivity index is -0.00000000750. The second-order valence-electron chi connectivity index (χ2n) is 0.378. The Morgan fingerprint density at radius 1 is 0.625 bits per heavy atom. The number of hydrogen-bond donors (Lipinski definition) is 0. The summed E-state index contributed by atoms with van der Waals surface area (Å²) in [5.41, 5.74) is 0. The lowest BCUT2D eigenvalue weighted by Crippen LogP contribution is -1.63. The Labute approximate surface area is 84.3 Å². The van der Waals surface area contributed by atoms with Crippen LogP contribution in [0.25, 0.3) is 0 Å². The number of hydrogen-bond acceptors (Lipinski definition) is 0. The van der Waals surface area contributed by atoms with Crippen LogP contribution in [0.15, 0.2) is 0 Å². The Morgan fingerprint density at radius 3 is 0.750 bits per heavy atom. The van der Waals surface area contributed by atoms with E-state index in [2.05, 4.69) is 0 Å². The first-order chi connectivity index (χ1) is 1.91. The molecular weight excluding hydrogens is 237 g/mol. The summed E-state index contributed by atoms with van der Waals surface area (Å²) in [6, 6.07) is 0. The van der Waals surface area contributed by atoms with Crippen molar-refractivity contribution in [2.45, 2.75) is 0 Å². The molecule has 0 unspecified atom stereocenters. The minimum Gasteiger partial charge on any atom is -0.147 e. The predicted molar refractivity (Wildman–Crippen MR) is 50.4 cm³/mol. The van der Waals surface area contributed by atoms with Gasteiger partial charge in [0.05, 0.1) is 0 Å². The molecule has 0 N–H and O–H groups in total. The molecular formula is C2H8Cl6. The largest absolute Gasteiger partial charge is 0.147 e. The lowest BCUT2D eigenvalue weighted by Gasteiger charge is -1.63. The summed E-state index contributed by atoms with van der Waals surface area (Å²) in [6.45, 7) is 0. The summed E-state index contributed by atoms with van der Waals surface area (Å²) < 4.78 is 0. The third-order valence-electron chi connectivity index (χ3n) is 0.0714. The molecule has 0 aliphatic heterocycles. The van der Waals surface area contributed by atoms with Crippen LogP contribution in [0.2, 0.25) is 0 Å². The molecule has 58 valence electrons. The van der Waals surface area contributed by atoms with Crippen molar-refractivity contribution in [2.24, 2.45) is 0 Å². The van der Waals surface area contributed by atoms with Gasteiger partial charge in [-0.3, -0.25) is 0 Å². The van der Waals surface area contributed by atoms with Crippen molar-refractivity contribution in [2.75, 3.05) is 11.8 Å². The standard InChI is InChI=1S/C2H4Cl2.4ClH/c3-1-2-4;;;;/h1-2H2;4*1H. The van der Waals surface area contributed by atoms with E-state index in [-0.39, 0.29) is 49.6 Å². The third-order valence-corrected chi connectivity index (χ3v) is 0.643. The molecule has 0 radical (unpaired) electrons. The van der Waals surface area contributed by atoms with Crippen molar-refractivity contribution in [1.82, 2.24) is 0 Å². The van der Waals surface area contributed by atoms with Crippen molar-refractivity contribution in [3.63, 3.8) is 0 Å². The maximum absolute atomic E-state index is 5.05. The molecule has 0 atom stereocenters. The van der Waals surface area contributed by atoms with Gasteiger partial charge in [-0.2, -0.15) is 0 Å². The average molecular weight is 245 g/mol. The van der Waals surface area contributed by atoms with Gasteiger partial charge >= 0.3 is 0 Å². The van der Waals surface area contributed by atoms with Crippen molar-refractivity contribution in [3.8, 4) is 0 Å². The Morgan fingerprint density at radius 2 is 0.750 bits per heavy atom. The monoisotopic (exact) mass is 242 g/mol. The van der Waals surface area contributed by atoms with Crippen LogP contribution in [0.4, 0.5) is 0 Å². The average Bonchev–Trinajstić information content (AvgIpc) is 1.37. The zero-order valence-electron chi connectivity index (χ0n) is 3.80. The highest BCUT2D eigenvalue weighted by Crippen LogP contribution is 1.75. The fourth-order valence-corrected chi connectivity index (χ4v) is 0. The molecule has 0 aliphatic rings. The van der Waals surface area contributed by atoms with Crippen molar-refractivity contribution in [3.05, 3.63) is 0 Å². The normalized spacial score (nSPS) is 3.75. The molecule has 0 saturated carbocycles. The molecule has 0 rings (SSSR count). The Kier molecular flexibility index (Phi) is 155. The van der Waals surface area contributed by atoms with Gasteiger partial charge in [0.1, 0.15) is 0 Å². The van der Waals surface area contributed by atoms with Gasteiger partial charge in [-0.1, -0.05) is 0 Å². The topological polar surface area (TPSA) is 0 Å². The van der Waals surface area contributed by atoms with Crippen LogP contribution in [0.5, 0.6) is 0 Å². The summed E-state index contributed by atoms with van der Waals surface area (Å²) in [7, 11) is 0. The minimum absolute atomic E-state index is 0. The van der Waals surface area contributed by atoms with Crippen molar-refractivity contribution in [1.29, 1.82) is 0 Å². The van der Waals surface area contributed by atoms with Gasteiger partial charge in [-0.25, -0.2) is 0 Å². The molecule has 0 spiro atoms. The van der Waals surface area contributed by atoms with Gasteiger partial charge in [0, 0.05) is 11.8 Å². The lowest BCUT2D eigenvalue weighted by molar-refractivity contribution is 1.52. The van der Waals surface area contributed by atoms with E-state index < -0.39 is 0 Å².